The molecule has 1 fully saturated rings. The third-order valence-corrected chi connectivity index (χ3v) is 4.17. The quantitative estimate of drug-likeness (QED) is 0.898. The molecule has 1 aliphatic heterocycles. The predicted molar refractivity (Wildman–Crippen MR) is 83.8 cm³/mol. The van der Waals surface area contributed by atoms with Crippen molar-refractivity contribution >= 4 is 5.91 Å². The van der Waals surface area contributed by atoms with Crippen LogP contribution in [0, 0.1) is 0 Å². The van der Waals surface area contributed by atoms with Crippen LogP contribution >= 0.6 is 0 Å². The molecule has 0 radical (unpaired) electrons. The number of amides is 1. The molecule has 1 aromatic carbocycles. The number of benzene rings is 1. The fraction of sp³-hybridized carbons (Fsp3) is 0.438. The first-order valence-electron chi connectivity index (χ1n) is 7.53. The number of carbonyl (C=O) groups excluding carboxylic acids is 1. The van der Waals surface area contributed by atoms with Gasteiger partial charge in [-0.2, -0.15) is 5.10 Å². The van der Waals surface area contributed by atoms with Gasteiger partial charge in [-0.3, -0.25) is 9.48 Å². The van der Waals surface area contributed by atoms with E-state index in [-0.39, 0.29) is 24.7 Å². The molecule has 0 unspecified atom stereocenters. The zero-order valence-electron chi connectivity index (χ0n) is 13.2. The lowest BCUT2D eigenvalue weighted by Crippen LogP contribution is -2.38. The van der Waals surface area contributed by atoms with Crippen molar-refractivity contribution in [1.29, 1.82) is 0 Å². The van der Waals surface area contributed by atoms with Gasteiger partial charge in [0, 0.05) is 31.8 Å². The number of likely N-dealkylation sites (tertiary alicyclic amines) is 1. The Morgan fingerprint density at radius 3 is 2.70 bits per heavy atom. The second kappa shape index (κ2) is 6.47. The Balaban J connectivity index is 1.77. The molecule has 0 spiro atoms. The Hall–Kier alpha value is -2.25. The van der Waals surface area contributed by atoms with E-state index in [2.05, 4.69) is 10.1 Å². The minimum Gasteiger partial charge on any atom is -0.394 e. The number of methoxy groups -OCH3 is 1. The highest BCUT2D eigenvalue weighted by molar-refractivity contribution is 5.95. The lowest BCUT2D eigenvalue weighted by molar-refractivity contribution is 0.0648. The largest absolute Gasteiger partial charge is 0.394 e. The van der Waals surface area contributed by atoms with Gasteiger partial charge in [0.2, 0.25) is 0 Å². The summed E-state index contributed by atoms with van der Waals surface area (Å²) in [5, 5.41) is 13.7. The fourth-order valence-electron chi connectivity index (χ4n) is 2.87. The highest BCUT2D eigenvalue weighted by Gasteiger charge is 2.35. The Bertz CT molecular complexity index is 683. The summed E-state index contributed by atoms with van der Waals surface area (Å²) < 4.78 is 6.95. The number of rotatable bonds is 4. The van der Waals surface area contributed by atoms with Gasteiger partial charge in [0.25, 0.3) is 5.91 Å². The van der Waals surface area contributed by atoms with Gasteiger partial charge >= 0.3 is 0 Å². The molecule has 2 heterocycles. The van der Waals surface area contributed by atoms with E-state index in [9.17, 15) is 9.90 Å². The summed E-state index contributed by atoms with van der Waals surface area (Å²) in [5.74, 6) is 0.532. The SMILES string of the molecule is CO[C@@H]1C[C@@H](CO)N(C(=O)c2ccc(-c3ncn(C)n3)cc2)C1. The third kappa shape index (κ3) is 3.11. The number of carbonyl (C=O) groups is 1. The topological polar surface area (TPSA) is 80.5 Å². The van der Waals surface area contributed by atoms with Crippen LogP contribution in [0.5, 0.6) is 0 Å². The number of ether oxygens (including phenoxy) is 1. The zero-order chi connectivity index (χ0) is 16.4. The summed E-state index contributed by atoms with van der Waals surface area (Å²) in [6.07, 6.45) is 2.28. The first-order valence-corrected chi connectivity index (χ1v) is 7.53. The lowest BCUT2D eigenvalue weighted by atomic mass is 10.1. The molecule has 1 saturated heterocycles. The molecule has 1 amide bonds. The fourth-order valence-corrected chi connectivity index (χ4v) is 2.87. The van der Waals surface area contributed by atoms with Crippen LogP contribution in [0.15, 0.2) is 30.6 Å². The molecule has 1 N–H and O–H groups in total. The van der Waals surface area contributed by atoms with Crippen LogP contribution in [0.4, 0.5) is 0 Å². The molecule has 2 aromatic rings. The molecule has 7 nitrogen and oxygen atoms in total. The first kappa shape index (κ1) is 15.6. The molecule has 23 heavy (non-hydrogen) atoms. The third-order valence-electron chi connectivity index (χ3n) is 4.17. The Labute approximate surface area is 134 Å². The number of hydrogen-bond acceptors (Lipinski definition) is 5. The second-order valence-electron chi connectivity index (χ2n) is 5.71. The maximum Gasteiger partial charge on any atom is 0.254 e. The average Bonchev–Trinajstić information content (AvgIpc) is 3.20. The standard InChI is InChI=1S/C16H20N4O3/c1-19-10-17-15(18-19)11-3-5-12(6-4-11)16(22)20-8-14(23-2)7-13(20)9-21/h3-6,10,13-14,21H,7-9H2,1-2H3/t13-,14+/m0/s1. The zero-order valence-corrected chi connectivity index (χ0v) is 13.2. The molecular formula is C16H20N4O3. The van der Waals surface area contributed by atoms with Gasteiger partial charge in [-0.1, -0.05) is 12.1 Å². The van der Waals surface area contributed by atoms with Gasteiger partial charge in [-0.15, -0.1) is 0 Å². The molecule has 3 rings (SSSR count). The van der Waals surface area contributed by atoms with Crippen LogP contribution in [0.25, 0.3) is 11.4 Å². The Kier molecular flexibility index (Phi) is 4.40. The van der Waals surface area contributed by atoms with Crippen LogP contribution in [0.1, 0.15) is 16.8 Å². The summed E-state index contributed by atoms with van der Waals surface area (Å²) in [5.41, 5.74) is 1.44. The van der Waals surface area contributed by atoms with Gasteiger partial charge in [0.05, 0.1) is 18.8 Å². The van der Waals surface area contributed by atoms with Gasteiger partial charge in [-0.05, 0) is 18.6 Å². The van der Waals surface area contributed by atoms with Gasteiger partial charge < -0.3 is 14.7 Å². The van der Waals surface area contributed by atoms with Crippen molar-refractivity contribution in [2.75, 3.05) is 20.3 Å². The molecule has 7 heteroatoms. The predicted octanol–water partition coefficient (Wildman–Crippen LogP) is 0.704. The number of aliphatic hydroxyl groups is 1. The minimum absolute atomic E-state index is 0.0203. The van der Waals surface area contributed by atoms with E-state index in [1.807, 2.05) is 19.2 Å². The van der Waals surface area contributed by atoms with Crippen LogP contribution in [-0.2, 0) is 11.8 Å². The molecule has 0 aliphatic carbocycles. The molecule has 1 aromatic heterocycles. The normalized spacial score (nSPS) is 20.9. The molecule has 2 atom stereocenters. The second-order valence-corrected chi connectivity index (χ2v) is 5.71. The van der Waals surface area contributed by atoms with E-state index in [0.717, 1.165) is 5.56 Å². The summed E-state index contributed by atoms with van der Waals surface area (Å²) in [6.45, 7) is 0.450. The number of hydrogen-bond donors (Lipinski definition) is 1. The van der Waals surface area contributed by atoms with E-state index >= 15 is 0 Å². The van der Waals surface area contributed by atoms with Crippen LogP contribution in [-0.4, -0.2) is 63.1 Å². The molecule has 0 bridgehead atoms. The summed E-state index contributed by atoms with van der Waals surface area (Å²) >= 11 is 0. The van der Waals surface area contributed by atoms with Gasteiger partial charge in [0.1, 0.15) is 6.33 Å². The number of aromatic nitrogens is 3. The van der Waals surface area contributed by atoms with Gasteiger partial charge in [0.15, 0.2) is 5.82 Å². The highest BCUT2D eigenvalue weighted by Crippen LogP contribution is 2.23. The maximum atomic E-state index is 12.7. The van der Waals surface area contributed by atoms with Gasteiger partial charge in [-0.25, -0.2) is 4.98 Å². The number of aliphatic hydroxyl groups excluding tert-OH is 1. The maximum absolute atomic E-state index is 12.7. The Morgan fingerprint density at radius 1 is 1.39 bits per heavy atom. The summed E-state index contributed by atoms with van der Waals surface area (Å²) in [6, 6.07) is 7.01. The van der Waals surface area contributed by atoms with Crippen LogP contribution in [0.2, 0.25) is 0 Å². The highest BCUT2D eigenvalue weighted by atomic mass is 16.5. The van der Waals surface area contributed by atoms with E-state index in [4.69, 9.17) is 4.74 Å². The van der Waals surface area contributed by atoms with Crippen molar-refractivity contribution in [2.24, 2.45) is 7.05 Å². The molecule has 122 valence electrons. The van der Waals surface area contributed by atoms with Crippen molar-refractivity contribution in [3.63, 3.8) is 0 Å². The lowest BCUT2D eigenvalue weighted by Gasteiger charge is -2.22. The molecular weight excluding hydrogens is 296 g/mol. The van der Waals surface area contributed by atoms with Crippen molar-refractivity contribution in [2.45, 2.75) is 18.6 Å². The van der Waals surface area contributed by atoms with E-state index in [0.29, 0.717) is 24.4 Å². The van der Waals surface area contributed by atoms with Crippen molar-refractivity contribution in [1.82, 2.24) is 19.7 Å². The van der Waals surface area contributed by atoms with E-state index in [1.165, 1.54) is 0 Å². The molecule has 0 saturated carbocycles. The summed E-state index contributed by atoms with van der Waals surface area (Å²) in [4.78, 5) is 18.5. The van der Waals surface area contributed by atoms with Crippen molar-refractivity contribution in [3.8, 4) is 11.4 Å². The number of nitrogens with zero attached hydrogens (tertiary/aromatic N) is 4. The van der Waals surface area contributed by atoms with E-state index < -0.39 is 0 Å². The number of aryl methyl sites for hydroxylation is 1. The van der Waals surface area contributed by atoms with Crippen molar-refractivity contribution < 1.29 is 14.6 Å². The monoisotopic (exact) mass is 316 g/mol. The first-order chi connectivity index (χ1) is 11.1. The molecule has 1 aliphatic rings. The van der Waals surface area contributed by atoms with E-state index in [1.54, 1.807) is 35.2 Å². The van der Waals surface area contributed by atoms with Crippen molar-refractivity contribution in [3.05, 3.63) is 36.2 Å². The summed E-state index contributed by atoms with van der Waals surface area (Å²) in [7, 11) is 3.44. The Morgan fingerprint density at radius 2 is 2.13 bits per heavy atom. The minimum atomic E-state index is -0.190. The van der Waals surface area contributed by atoms with Crippen LogP contribution in [0.3, 0.4) is 0 Å². The van der Waals surface area contributed by atoms with Crippen LogP contribution < -0.4 is 0 Å². The smallest absolute Gasteiger partial charge is 0.254 e. The average molecular weight is 316 g/mol.